The Morgan fingerprint density at radius 1 is 1.33 bits per heavy atom. The summed E-state index contributed by atoms with van der Waals surface area (Å²) in [5.74, 6) is -2.78. The fourth-order valence-electron chi connectivity index (χ4n) is 1.61. The van der Waals surface area contributed by atoms with Gasteiger partial charge in [0.15, 0.2) is 0 Å². The number of carbonyl (C=O) groups excluding carboxylic acids is 3. The van der Waals surface area contributed by atoms with Crippen LogP contribution in [-0.2, 0) is 9.63 Å². The second-order valence-electron chi connectivity index (χ2n) is 3.44. The summed E-state index contributed by atoms with van der Waals surface area (Å²) in [6.07, 6.45) is 0. The summed E-state index contributed by atoms with van der Waals surface area (Å²) < 4.78 is 0. The van der Waals surface area contributed by atoms with Gasteiger partial charge >= 0.3 is 11.9 Å². The minimum atomic E-state index is -1.02. The van der Waals surface area contributed by atoms with Crippen molar-refractivity contribution in [3.8, 4) is 0 Å². The van der Waals surface area contributed by atoms with E-state index in [9.17, 15) is 24.5 Å². The van der Waals surface area contributed by atoms with Gasteiger partial charge in [-0.1, -0.05) is 11.1 Å². The van der Waals surface area contributed by atoms with E-state index in [-0.39, 0.29) is 16.2 Å². The minimum absolute atomic E-state index is 0.157. The van der Waals surface area contributed by atoms with Gasteiger partial charge in [0.05, 0.1) is 10.5 Å². The second-order valence-corrected chi connectivity index (χ2v) is 3.44. The van der Waals surface area contributed by atoms with E-state index in [1.807, 2.05) is 0 Å². The van der Waals surface area contributed by atoms with Crippen molar-refractivity contribution in [3.05, 3.63) is 39.4 Å². The summed E-state index contributed by atoms with van der Waals surface area (Å²) >= 11 is 0. The van der Waals surface area contributed by atoms with Crippen molar-refractivity contribution >= 4 is 23.5 Å². The first-order valence-corrected chi connectivity index (χ1v) is 4.78. The Bertz CT molecular complexity index is 594. The Morgan fingerprint density at radius 3 is 2.56 bits per heavy atom. The van der Waals surface area contributed by atoms with E-state index in [1.165, 1.54) is 12.1 Å². The highest BCUT2D eigenvalue weighted by molar-refractivity contribution is 6.22. The van der Waals surface area contributed by atoms with Crippen LogP contribution in [0.1, 0.15) is 27.6 Å². The lowest BCUT2D eigenvalue weighted by atomic mass is 10.1. The van der Waals surface area contributed by atoms with Crippen LogP contribution in [-0.4, -0.2) is 27.8 Å². The molecular weight excluding hydrogens is 244 g/mol. The van der Waals surface area contributed by atoms with E-state index >= 15 is 0 Å². The number of amides is 2. The molecule has 0 bridgehead atoms. The molecule has 92 valence electrons. The fraction of sp³-hybridized carbons (Fsp3) is 0.100. The maximum Gasteiger partial charge on any atom is 0.330 e. The molecule has 8 nitrogen and oxygen atoms in total. The van der Waals surface area contributed by atoms with E-state index in [0.29, 0.717) is 0 Å². The Balaban J connectivity index is 2.55. The monoisotopic (exact) mass is 250 g/mol. The molecule has 2 amide bonds. The van der Waals surface area contributed by atoms with Crippen molar-refractivity contribution in [2.45, 2.75) is 6.92 Å². The van der Waals surface area contributed by atoms with E-state index in [4.69, 9.17) is 0 Å². The Morgan fingerprint density at radius 2 is 2.00 bits per heavy atom. The van der Waals surface area contributed by atoms with Crippen LogP contribution in [0, 0.1) is 10.1 Å². The second kappa shape index (κ2) is 3.91. The molecule has 0 aromatic heterocycles. The average molecular weight is 250 g/mol. The van der Waals surface area contributed by atoms with Crippen molar-refractivity contribution in [2.75, 3.05) is 0 Å². The molecule has 0 saturated carbocycles. The van der Waals surface area contributed by atoms with Crippen LogP contribution in [0.2, 0.25) is 0 Å². The zero-order valence-electron chi connectivity index (χ0n) is 9.08. The van der Waals surface area contributed by atoms with E-state index in [1.54, 1.807) is 0 Å². The van der Waals surface area contributed by atoms with Crippen LogP contribution < -0.4 is 0 Å². The van der Waals surface area contributed by atoms with Gasteiger partial charge in [0.1, 0.15) is 5.56 Å². The van der Waals surface area contributed by atoms with Crippen molar-refractivity contribution in [2.24, 2.45) is 0 Å². The molecule has 0 fully saturated rings. The molecule has 0 N–H and O–H groups in total. The zero-order valence-corrected chi connectivity index (χ0v) is 9.08. The number of hydrogen-bond donors (Lipinski definition) is 0. The first-order valence-electron chi connectivity index (χ1n) is 4.78. The SMILES string of the molecule is CC(=O)ON1C(=O)c2cccc([N+](=O)[O-])c2C1=O. The molecular formula is C10H6N2O6. The van der Waals surface area contributed by atoms with Gasteiger partial charge in [0.2, 0.25) is 0 Å². The van der Waals surface area contributed by atoms with Gasteiger partial charge in [-0.15, -0.1) is 0 Å². The number of nitrogens with zero attached hydrogens (tertiary/aromatic N) is 2. The molecule has 0 radical (unpaired) electrons. The maximum absolute atomic E-state index is 11.8. The van der Waals surface area contributed by atoms with Gasteiger partial charge in [-0.3, -0.25) is 19.7 Å². The number of nitro groups is 1. The number of carbonyl (C=O) groups is 3. The average Bonchev–Trinajstić information content (AvgIpc) is 2.54. The molecule has 0 aliphatic carbocycles. The molecule has 8 heteroatoms. The van der Waals surface area contributed by atoms with Crippen molar-refractivity contribution in [1.82, 2.24) is 5.06 Å². The van der Waals surface area contributed by atoms with Crippen LogP contribution in [0.4, 0.5) is 5.69 Å². The molecule has 1 aromatic carbocycles. The molecule has 2 rings (SSSR count). The lowest BCUT2D eigenvalue weighted by Crippen LogP contribution is -2.31. The maximum atomic E-state index is 11.8. The number of imide groups is 1. The van der Waals surface area contributed by atoms with Gasteiger partial charge in [-0.25, -0.2) is 4.79 Å². The number of rotatable bonds is 2. The summed E-state index contributed by atoms with van der Waals surface area (Å²) in [7, 11) is 0. The molecule has 18 heavy (non-hydrogen) atoms. The van der Waals surface area contributed by atoms with Crippen LogP contribution in [0.5, 0.6) is 0 Å². The fourth-order valence-corrected chi connectivity index (χ4v) is 1.61. The largest absolute Gasteiger partial charge is 0.330 e. The first kappa shape index (κ1) is 11.7. The van der Waals surface area contributed by atoms with Crippen molar-refractivity contribution < 1.29 is 24.1 Å². The normalized spacial score (nSPS) is 13.5. The highest BCUT2D eigenvalue weighted by Crippen LogP contribution is 2.30. The molecule has 1 heterocycles. The predicted octanol–water partition coefficient (Wildman–Crippen LogP) is 0.669. The van der Waals surface area contributed by atoms with Gasteiger partial charge in [-0.2, -0.15) is 0 Å². The third-order valence-electron chi connectivity index (χ3n) is 2.27. The Kier molecular flexibility index (Phi) is 2.55. The molecule has 1 aliphatic rings. The quantitative estimate of drug-likeness (QED) is 0.433. The first-order chi connectivity index (χ1) is 8.43. The number of hydrogen-bond acceptors (Lipinski definition) is 6. The molecule has 0 saturated heterocycles. The van der Waals surface area contributed by atoms with Crippen LogP contribution >= 0.6 is 0 Å². The smallest absolute Gasteiger partial charge is 0.330 e. The van der Waals surface area contributed by atoms with Gasteiger partial charge in [0, 0.05) is 13.0 Å². The van der Waals surface area contributed by atoms with E-state index in [0.717, 1.165) is 13.0 Å². The Hall–Kier alpha value is -2.77. The summed E-state index contributed by atoms with van der Waals surface area (Å²) in [6.45, 7) is 1.01. The van der Waals surface area contributed by atoms with Gasteiger partial charge in [0.25, 0.3) is 11.6 Å². The standard InChI is InChI=1S/C10H6N2O6/c1-5(13)18-11-9(14)6-3-2-4-7(12(16)17)8(6)10(11)15/h2-4H,1H3. The van der Waals surface area contributed by atoms with Crippen LogP contribution in [0.25, 0.3) is 0 Å². The van der Waals surface area contributed by atoms with Gasteiger partial charge in [-0.05, 0) is 6.07 Å². The topological polar surface area (TPSA) is 107 Å². The highest BCUT2D eigenvalue weighted by Gasteiger charge is 2.43. The van der Waals surface area contributed by atoms with E-state index in [2.05, 4.69) is 4.84 Å². The zero-order chi connectivity index (χ0) is 13.4. The predicted molar refractivity (Wildman–Crippen MR) is 55.4 cm³/mol. The number of nitro benzene ring substituents is 1. The Labute approximate surface area is 99.9 Å². The molecule has 0 unspecified atom stereocenters. The summed E-state index contributed by atoms with van der Waals surface area (Å²) in [4.78, 5) is 48.7. The molecule has 1 aromatic rings. The van der Waals surface area contributed by atoms with Crippen LogP contribution in [0.3, 0.4) is 0 Å². The minimum Gasteiger partial charge on any atom is -0.330 e. The summed E-state index contributed by atoms with van der Waals surface area (Å²) in [5.41, 5.74) is -1.02. The summed E-state index contributed by atoms with van der Waals surface area (Å²) in [5, 5.41) is 11.0. The molecule has 0 atom stereocenters. The number of benzene rings is 1. The lowest BCUT2D eigenvalue weighted by molar-refractivity contribution is -0.385. The third-order valence-corrected chi connectivity index (χ3v) is 2.27. The van der Waals surface area contributed by atoms with Crippen molar-refractivity contribution in [3.63, 3.8) is 0 Å². The van der Waals surface area contributed by atoms with E-state index < -0.39 is 28.4 Å². The van der Waals surface area contributed by atoms with Crippen molar-refractivity contribution in [1.29, 1.82) is 0 Å². The molecule has 0 spiro atoms. The lowest BCUT2D eigenvalue weighted by Gasteiger charge is -2.10. The van der Waals surface area contributed by atoms with Gasteiger partial charge < -0.3 is 4.84 Å². The molecule has 1 aliphatic heterocycles. The third kappa shape index (κ3) is 1.59. The summed E-state index contributed by atoms with van der Waals surface area (Å²) in [6, 6.07) is 3.63. The number of fused-ring (bicyclic) bond motifs is 1. The highest BCUT2D eigenvalue weighted by atomic mass is 16.7. The number of hydroxylamine groups is 2. The van der Waals surface area contributed by atoms with Crippen LogP contribution in [0.15, 0.2) is 18.2 Å².